The molecular weight excluding hydrogens is 194 g/mol. The number of piperidine rings is 1. The molecule has 4 nitrogen and oxygen atoms in total. The lowest BCUT2D eigenvalue weighted by atomic mass is 10.0. The first-order valence-corrected chi connectivity index (χ1v) is 5.76. The zero-order valence-electron chi connectivity index (χ0n) is 9.02. The molecule has 0 aromatic carbocycles. The van der Waals surface area contributed by atoms with Gasteiger partial charge in [0.1, 0.15) is 0 Å². The molecule has 2 heterocycles. The highest BCUT2D eigenvalue weighted by Crippen LogP contribution is 2.16. The maximum atomic E-state index is 11.8. The molecule has 2 fully saturated rings. The van der Waals surface area contributed by atoms with Gasteiger partial charge in [-0.05, 0) is 25.8 Å². The second-order valence-corrected chi connectivity index (χ2v) is 4.56. The lowest BCUT2D eigenvalue weighted by molar-refractivity contribution is -0.124. The molecule has 0 aromatic heterocycles. The summed E-state index contributed by atoms with van der Waals surface area (Å²) in [6.07, 6.45) is 2.49. The van der Waals surface area contributed by atoms with Crippen LogP contribution in [-0.4, -0.2) is 54.7 Å². The van der Waals surface area contributed by atoms with Gasteiger partial charge in [-0.2, -0.15) is 0 Å². The van der Waals surface area contributed by atoms with E-state index < -0.39 is 0 Å². The highest BCUT2D eigenvalue weighted by molar-refractivity contribution is 5.83. The Hall–Kier alpha value is -0.450. The fourth-order valence-electron chi connectivity index (χ4n) is 2.31. The summed E-state index contributed by atoms with van der Waals surface area (Å²) < 4.78 is 5.20. The van der Waals surface area contributed by atoms with Crippen LogP contribution in [0.15, 0.2) is 0 Å². The average Bonchev–Trinajstić information content (AvgIpc) is 2.70. The van der Waals surface area contributed by atoms with Gasteiger partial charge in [0.2, 0.25) is 0 Å². The molecule has 0 aliphatic carbocycles. The number of Topliss-reactive ketones (excluding diaryl/α,β-unsaturated/α-hetero) is 1. The smallest absolute Gasteiger partial charge is 0.152 e. The van der Waals surface area contributed by atoms with Gasteiger partial charge < -0.3 is 9.84 Å². The Morgan fingerprint density at radius 2 is 2.33 bits per heavy atom. The zero-order valence-corrected chi connectivity index (χ0v) is 9.02. The van der Waals surface area contributed by atoms with Crippen molar-refractivity contribution in [3.05, 3.63) is 0 Å². The molecule has 2 rings (SSSR count). The number of ketones is 1. The van der Waals surface area contributed by atoms with Crippen molar-refractivity contribution < 1.29 is 14.6 Å². The van der Waals surface area contributed by atoms with Gasteiger partial charge in [-0.3, -0.25) is 9.69 Å². The Morgan fingerprint density at radius 3 is 3.00 bits per heavy atom. The summed E-state index contributed by atoms with van der Waals surface area (Å²) in [5.74, 6) is 0.380. The van der Waals surface area contributed by atoms with Gasteiger partial charge in [0.15, 0.2) is 5.78 Å². The van der Waals surface area contributed by atoms with Crippen molar-refractivity contribution in [2.24, 2.45) is 5.92 Å². The first kappa shape index (κ1) is 11.0. The predicted octanol–water partition coefficient (Wildman–Crippen LogP) is 0.0487. The van der Waals surface area contributed by atoms with E-state index in [9.17, 15) is 9.90 Å². The molecule has 0 bridgehead atoms. The number of aliphatic hydroxyl groups is 1. The summed E-state index contributed by atoms with van der Waals surface area (Å²) in [5.41, 5.74) is 0. The zero-order chi connectivity index (χ0) is 10.7. The molecule has 0 amide bonds. The van der Waals surface area contributed by atoms with Crippen molar-refractivity contribution in [1.29, 1.82) is 0 Å². The fourth-order valence-corrected chi connectivity index (χ4v) is 2.31. The van der Waals surface area contributed by atoms with E-state index in [1.54, 1.807) is 0 Å². The van der Waals surface area contributed by atoms with E-state index in [-0.39, 0.29) is 17.8 Å². The fraction of sp³-hybridized carbons (Fsp3) is 0.909. The van der Waals surface area contributed by atoms with Crippen LogP contribution in [0.3, 0.4) is 0 Å². The summed E-state index contributed by atoms with van der Waals surface area (Å²) in [6, 6.07) is 0. The minimum atomic E-state index is -0.244. The summed E-state index contributed by atoms with van der Waals surface area (Å²) in [4.78, 5) is 13.9. The Labute approximate surface area is 90.2 Å². The topological polar surface area (TPSA) is 49.8 Å². The van der Waals surface area contributed by atoms with E-state index in [1.165, 1.54) is 0 Å². The number of nitrogens with zero attached hydrogens (tertiary/aromatic N) is 1. The third kappa shape index (κ3) is 3.00. The average molecular weight is 213 g/mol. The predicted molar refractivity (Wildman–Crippen MR) is 55.6 cm³/mol. The van der Waals surface area contributed by atoms with Crippen LogP contribution in [-0.2, 0) is 9.53 Å². The van der Waals surface area contributed by atoms with Gasteiger partial charge in [0, 0.05) is 19.1 Å². The normalized spacial score (nSPS) is 33.1. The van der Waals surface area contributed by atoms with Gasteiger partial charge in [-0.1, -0.05) is 0 Å². The highest BCUT2D eigenvalue weighted by atomic mass is 16.5. The maximum Gasteiger partial charge on any atom is 0.152 e. The second kappa shape index (κ2) is 5.05. The van der Waals surface area contributed by atoms with Crippen molar-refractivity contribution in [3.63, 3.8) is 0 Å². The molecule has 4 heteroatoms. The van der Waals surface area contributed by atoms with E-state index in [0.717, 1.165) is 32.4 Å². The maximum absolute atomic E-state index is 11.8. The molecule has 0 saturated carbocycles. The summed E-state index contributed by atoms with van der Waals surface area (Å²) in [5, 5.41) is 9.48. The third-order valence-electron chi connectivity index (χ3n) is 3.25. The minimum Gasteiger partial charge on any atom is -0.392 e. The minimum absolute atomic E-state index is 0.101. The summed E-state index contributed by atoms with van der Waals surface area (Å²) in [6.45, 7) is 3.40. The lowest BCUT2D eigenvalue weighted by Gasteiger charge is -2.29. The molecule has 1 N–H and O–H groups in total. The Kier molecular flexibility index (Phi) is 3.72. The number of hydrogen-bond acceptors (Lipinski definition) is 4. The number of carbonyl (C=O) groups is 1. The van der Waals surface area contributed by atoms with Gasteiger partial charge in [0.25, 0.3) is 0 Å². The van der Waals surface area contributed by atoms with Crippen molar-refractivity contribution in [2.75, 3.05) is 32.8 Å². The molecular formula is C11H19NO3. The van der Waals surface area contributed by atoms with E-state index in [4.69, 9.17) is 4.74 Å². The second-order valence-electron chi connectivity index (χ2n) is 4.56. The van der Waals surface area contributed by atoms with Crippen LogP contribution < -0.4 is 0 Å². The molecule has 0 spiro atoms. The summed E-state index contributed by atoms with van der Waals surface area (Å²) in [7, 11) is 0. The number of carbonyl (C=O) groups excluding carboxylic acids is 1. The van der Waals surface area contributed by atoms with E-state index in [0.29, 0.717) is 19.7 Å². The Morgan fingerprint density at radius 1 is 1.47 bits per heavy atom. The SMILES string of the molecule is O=C(CN1CCCC(O)C1)C1CCOC1. The number of rotatable bonds is 3. The van der Waals surface area contributed by atoms with E-state index in [1.807, 2.05) is 0 Å². The molecule has 2 aliphatic heterocycles. The van der Waals surface area contributed by atoms with Crippen LogP contribution in [0.25, 0.3) is 0 Å². The van der Waals surface area contributed by atoms with Crippen LogP contribution in [0.2, 0.25) is 0 Å². The third-order valence-corrected chi connectivity index (χ3v) is 3.25. The molecule has 2 aliphatic rings. The standard InChI is InChI=1S/C11H19NO3/c13-10-2-1-4-12(6-10)7-11(14)9-3-5-15-8-9/h9-10,13H,1-8H2. The van der Waals surface area contributed by atoms with Gasteiger partial charge in [0.05, 0.1) is 19.3 Å². The Balaban J connectivity index is 1.77. The molecule has 0 radical (unpaired) electrons. The lowest BCUT2D eigenvalue weighted by Crippen LogP contribution is -2.42. The van der Waals surface area contributed by atoms with Gasteiger partial charge >= 0.3 is 0 Å². The molecule has 0 aromatic rings. The largest absolute Gasteiger partial charge is 0.392 e. The number of likely N-dealkylation sites (tertiary alicyclic amines) is 1. The number of hydrogen-bond donors (Lipinski definition) is 1. The van der Waals surface area contributed by atoms with E-state index in [2.05, 4.69) is 4.90 Å². The van der Waals surface area contributed by atoms with E-state index >= 15 is 0 Å². The van der Waals surface area contributed by atoms with Crippen LogP contribution in [0.5, 0.6) is 0 Å². The number of aliphatic hydroxyl groups excluding tert-OH is 1. The van der Waals surface area contributed by atoms with Crippen molar-refractivity contribution in [3.8, 4) is 0 Å². The van der Waals surface area contributed by atoms with Gasteiger partial charge in [-0.15, -0.1) is 0 Å². The number of β-amino-alcohol motifs (C(OH)–C–C–N with tert-alkyl or cyclic N) is 1. The summed E-state index contributed by atoms with van der Waals surface area (Å²) >= 11 is 0. The molecule has 2 unspecified atom stereocenters. The molecule has 86 valence electrons. The van der Waals surface area contributed by atoms with Crippen molar-refractivity contribution in [1.82, 2.24) is 4.90 Å². The molecule has 2 saturated heterocycles. The monoisotopic (exact) mass is 213 g/mol. The van der Waals surface area contributed by atoms with Crippen LogP contribution >= 0.6 is 0 Å². The van der Waals surface area contributed by atoms with Crippen molar-refractivity contribution >= 4 is 5.78 Å². The molecule has 2 atom stereocenters. The first-order chi connectivity index (χ1) is 7.25. The Bertz CT molecular complexity index is 226. The highest BCUT2D eigenvalue weighted by Gasteiger charge is 2.26. The number of ether oxygens (including phenoxy) is 1. The quantitative estimate of drug-likeness (QED) is 0.719. The van der Waals surface area contributed by atoms with Crippen molar-refractivity contribution in [2.45, 2.75) is 25.4 Å². The van der Waals surface area contributed by atoms with Crippen LogP contribution in [0.1, 0.15) is 19.3 Å². The van der Waals surface area contributed by atoms with Crippen LogP contribution in [0.4, 0.5) is 0 Å². The molecule has 15 heavy (non-hydrogen) atoms. The van der Waals surface area contributed by atoms with Crippen LogP contribution in [0, 0.1) is 5.92 Å². The first-order valence-electron chi connectivity index (χ1n) is 5.76. The van der Waals surface area contributed by atoms with Gasteiger partial charge in [-0.25, -0.2) is 0 Å².